The molecule has 1 aromatic heterocycles. The summed E-state index contributed by atoms with van der Waals surface area (Å²) in [6, 6.07) is 11.8. The first-order valence-electron chi connectivity index (χ1n) is 8.66. The zero-order valence-electron chi connectivity index (χ0n) is 15.1. The Morgan fingerprint density at radius 2 is 2.11 bits per heavy atom. The SMILES string of the molecule is C=CCN1C(=O)[C@H](Cc2ccc(OCC)cc2)S/C1=N/N=C\c1cccs1. The van der Waals surface area contributed by atoms with E-state index in [4.69, 9.17) is 4.74 Å². The van der Waals surface area contributed by atoms with Gasteiger partial charge in [-0.2, -0.15) is 5.10 Å². The lowest BCUT2D eigenvalue weighted by Crippen LogP contribution is -2.32. The third kappa shape index (κ3) is 5.08. The average molecular weight is 400 g/mol. The molecule has 0 saturated carbocycles. The average Bonchev–Trinajstić information content (AvgIpc) is 3.28. The van der Waals surface area contributed by atoms with Gasteiger partial charge in [-0.25, -0.2) is 0 Å². The van der Waals surface area contributed by atoms with Crippen molar-refractivity contribution in [3.8, 4) is 5.75 Å². The molecule has 1 amide bonds. The fourth-order valence-corrected chi connectivity index (χ4v) is 4.34. The van der Waals surface area contributed by atoms with Crippen LogP contribution in [0.3, 0.4) is 0 Å². The maximum Gasteiger partial charge on any atom is 0.242 e. The summed E-state index contributed by atoms with van der Waals surface area (Å²) in [5.74, 6) is 0.879. The number of ether oxygens (including phenoxy) is 1. The Hall–Kier alpha value is -2.38. The smallest absolute Gasteiger partial charge is 0.242 e. The zero-order chi connectivity index (χ0) is 19.1. The number of amides is 1. The number of hydrogen-bond donors (Lipinski definition) is 0. The van der Waals surface area contributed by atoms with Crippen LogP contribution in [-0.2, 0) is 11.2 Å². The van der Waals surface area contributed by atoms with Gasteiger partial charge in [-0.1, -0.05) is 36.0 Å². The lowest BCUT2D eigenvalue weighted by molar-refractivity contribution is -0.125. The maximum absolute atomic E-state index is 12.8. The Balaban J connectivity index is 1.71. The van der Waals surface area contributed by atoms with Crippen LogP contribution in [-0.4, -0.2) is 40.6 Å². The van der Waals surface area contributed by atoms with E-state index in [1.54, 1.807) is 28.5 Å². The number of carbonyl (C=O) groups is 1. The monoisotopic (exact) mass is 399 g/mol. The van der Waals surface area contributed by atoms with E-state index >= 15 is 0 Å². The molecule has 2 heterocycles. The Labute approximate surface area is 167 Å². The van der Waals surface area contributed by atoms with E-state index in [1.165, 1.54) is 11.8 Å². The van der Waals surface area contributed by atoms with Gasteiger partial charge in [0.05, 0.1) is 18.1 Å². The van der Waals surface area contributed by atoms with Gasteiger partial charge in [0, 0.05) is 11.4 Å². The van der Waals surface area contributed by atoms with Crippen LogP contribution in [0.1, 0.15) is 17.4 Å². The molecular weight excluding hydrogens is 378 g/mol. The fraction of sp³-hybridized carbons (Fsp3) is 0.250. The van der Waals surface area contributed by atoms with Crippen molar-refractivity contribution in [1.29, 1.82) is 0 Å². The van der Waals surface area contributed by atoms with Gasteiger partial charge in [0.1, 0.15) is 5.75 Å². The molecule has 1 aromatic carbocycles. The third-order valence-electron chi connectivity index (χ3n) is 3.86. The second-order valence-corrected chi connectivity index (χ2v) is 7.92. The van der Waals surface area contributed by atoms with Gasteiger partial charge in [0.15, 0.2) is 5.17 Å². The molecule has 0 unspecified atom stereocenters. The highest BCUT2D eigenvalue weighted by Crippen LogP contribution is 2.30. The number of amidine groups is 1. The molecule has 3 rings (SSSR count). The predicted octanol–water partition coefficient (Wildman–Crippen LogP) is 4.21. The molecule has 1 fully saturated rings. The first-order chi connectivity index (χ1) is 13.2. The van der Waals surface area contributed by atoms with Gasteiger partial charge in [-0.05, 0) is 42.5 Å². The molecule has 1 aliphatic rings. The first kappa shape index (κ1) is 19.4. The van der Waals surface area contributed by atoms with Crippen LogP contribution >= 0.6 is 23.1 Å². The predicted molar refractivity (Wildman–Crippen MR) is 114 cm³/mol. The second-order valence-electron chi connectivity index (χ2n) is 5.77. The minimum absolute atomic E-state index is 0.0406. The highest BCUT2D eigenvalue weighted by molar-refractivity contribution is 8.15. The number of hydrogen-bond acceptors (Lipinski definition) is 6. The van der Waals surface area contributed by atoms with Crippen molar-refractivity contribution >= 4 is 40.4 Å². The summed E-state index contributed by atoms with van der Waals surface area (Å²) < 4.78 is 5.47. The molecule has 7 heteroatoms. The summed E-state index contributed by atoms with van der Waals surface area (Å²) in [5, 5.41) is 10.8. The van der Waals surface area contributed by atoms with Crippen molar-refractivity contribution in [1.82, 2.24) is 4.90 Å². The fourth-order valence-electron chi connectivity index (χ4n) is 2.62. The van der Waals surface area contributed by atoms with Gasteiger partial charge in [0.25, 0.3) is 0 Å². The van der Waals surface area contributed by atoms with Gasteiger partial charge in [0.2, 0.25) is 5.91 Å². The lowest BCUT2D eigenvalue weighted by atomic mass is 10.1. The molecule has 0 radical (unpaired) electrons. The molecule has 140 valence electrons. The number of nitrogens with zero attached hydrogens (tertiary/aromatic N) is 3. The Bertz CT molecular complexity index is 829. The van der Waals surface area contributed by atoms with Gasteiger partial charge in [-0.3, -0.25) is 9.69 Å². The number of thiophene rings is 1. The van der Waals surface area contributed by atoms with E-state index in [0.29, 0.717) is 24.7 Å². The second kappa shape index (κ2) is 9.53. The molecule has 2 aromatic rings. The highest BCUT2D eigenvalue weighted by Gasteiger charge is 2.37. The van der Waals surface area contributed by atoms with Crippen molar-refractivity contribution in [2.75, 3.05) is 13.2 Å². The molecule has 1 saturated heterocycles. The van der Waals surface area contributed by atoms with Gasteiger partial charge < -0.3 is 4.74 Å². The molecule has 0 aliphatic carbocycles. The first-order valence-corrected chi connectivity index (χ1v) is 10.4. The molecule has 1 aliphatic heterocycles. The van der Waals surface area contributed by atoms with E-state index in [1.807, 2.05) is 48.7 Å². The number of rotatable bonds is 8. The van der Waals surface area contributed by atoms with Gasteiger partial charge in [-0.15, -0.1) is 23.0 Å². The summed E-state index contributed by atoms with van der Waals surface area (Å²) in [5.41, 5.74) is 1.09. The summed E-state index contributed by atoms with van der Waals surface area (Å²) in [4.78, 5) is 15.4. The largest absolute Gasteiger partial charge is 0.494 e. The molecule has 5 nitrogen and oxygen atoms in total. The number of carbonyl (C=O) groups excluding carboxylic acids is 1. The Kier molecular flexibility index (Phi) is 6.84. The zero-order valence-corrected chi connectivity index (χ0v) is 16.7. The quantitative estimate of drug-likeness (QED) is 0.380. The van der Waals surface area contributed by atoms with Crippen LogP contribution in [0.4, 0.5) is 0 Å². The van der Waals surface area contributed by atoms with Crippen LogP contribution < -0.4 is 4.74 Å². The van der Waals surface area contributed by atoms with E-state index in [0.717, 1.165) is 16.2 Å². The molecule has 0 N–H and O–H groups in total. The van der Waals surface area contributed by atoms with Crippen molar-refractivity contribution in [3.05, 3.63) is 64.9 Å². The van der Waals surface area contributed by atoms with Crippen LogP contribution in [0, 0.1) is 0 Å². The van der Waals surface area contributed by atoms with Gasteiger partial charge >= 0.3 is 0 Å². The Morgan fingerprint density at radius 3 is 2.78 bits per heavy atom. The van der Waals surface area contributed by atoms with Crippen molar-refractivity contribution in [2.24, 2.45) is 10.2 Å². The van der Waals surface area contributed by atoms with Crippen LogP contribution in [0.5, 0.6) is 5.75 Å². The molecular formula is C20H21N3O2S2. The molecule has 0 spiro atoms. The minimum Gasteiger partial charge on any atom is -0.494 e. The van der Waals surface area contributed by atoms with Crippen LogP contribution in [0.15, 0.2) is 64.6 Å². The van der Waals surface area contributed by atoms with E-state index in [9.17, 15) is 4.79 Å². The maximum atomic E-state index is 12.8. The lowest BCUT2D eigenvalue weighted by Gasteiger charge is -2.13. The van der Waals surface area contributed by atoms with Crippen molar-refractivity contribution in [3.63, 3.8) is 0 Å². The summed E-state index contributed by atoms with van der Waals surface area (Å²) in [6.07, 6.45) is 4.04. The van der Waals surface area contributed by atoms with Crippen molar-refractivity contribution in [2.45, 2.75) is 18.6 Å². The summed E-state index contributed by atoms with van der Waals surface area (Å²) in [7, 11) is 0. The minimum atomic E-state index is -0.210. The van der Waals surface area contributed by atoms with Crippen LogP contribution in [0.25, 0.3) is 0 Å². The summed E-state index contributed by atoms with van der Waals surface area (Å²) in [6.45, 7) is 6.76. The van der Waals surface area contributed by atoms with E-state index < -0.39 is 0 Å². The molecule has 1 atom stereocenters. The summed E-state index contributed by atoms with van der Waals surface area (Å²) >= 11 is 3.04. The number of thioether (sulfide) groups is 1. The topological polar surface area (TPSA) is 54.3 Å². The molecule has 27 heavy (non-hydrogen) atoms. The van der Waals surface area contributed by atoms with Crippen molar-refractivity contribution < 1.29 is 9.53 Å². The van der Waals surface area contributed by atoms with E-state index in [-0.39, 0.29) is 11.2 Å². The standard InChI is InChI=1S/C20H21N3O2S2/c1-3-11-23-19(24)18(13-15-7-9-16(10-8-15)25-4-2)27-20(23)22-21-14-17-6-5-12-26-17/h3,5-10,12,14,18H,1,4,11,13H2,2H3/b21-14-,22-20+/t18-/m0/s1. The highest BCUT2D eigenvalue weighted by atomic mass is 32.2. The van der Waals surface area contributed by atoms with E-state index in [2.05, 4.69) is 16.8 Å². The third-order valence-corrected chi connectivity index (χ3v) is 5.83. The number of benzene rings is 1. The Morgan fingerprint density at radius 1 is 1.30 bits per heavy atom. The normalized spacial score (nSPS) is 18.6. The van der Waals surface area contributed by atoms with Crippen LogP contribution in [0.2, 0.25) is 0 Å². The molecule has 0 bridgehead atoms.